The van der Waals surface area contributed by atoms with E-state index in [-0.39, 0.29) is 30.4 Å². The normalized spacial score (nSPS) is 11.1. The van der Waals surface area contributed by atoms with Gasteiger partial charge in [-0.05, 0) is 32.9 Å². The van der Waals surface area contributed by atoms with E-state index < -0.39 is 16.5 Å². The summed E-state index contributed by atoms with van der Waals surface area (Å²) in [5.41, 5.74) is -0.976. The maximum Gasteiger partial charge on any atom is 0.353 e. The zero-order chi connectivity index (χ0) is 19.3. The average molecular weight is 363 g/mol. The van der Waals surface area contributed by atoms with Crippen molar-refractivity contribution >= 4 is 23.3 Å². The fourth-order valence-electron chi connectivity index (χ4n) is 2.17. The molecule has 0 amide bonds. The summed E-state index contributed by atoms with van der Waals surface area (Å²) in [4.78, 5) is 32.2. The first-order valence-corrected chi connectivity index (χ1v) is 7.86. The van der Waals surface area contributed by atoms with Crippen molar-refractivity contribution in [3.05, 3.63) is 40.6 Å². The van der Waals surface area contributed by atoms with Crippen molar-refractivity contribution in [2.24, 2.45) is 0 Å². The summed E-state index contributed by atoms with van der Waals surface area (Å²) in [5.74, 6) is 0.129. The van der Waals surface area contributed by atoms with Crippen LogP contribution in [0.3, 0.4) is 0 Å². The Bertz CT molecular complexity index is 770. The summed E-state index contributed by atoms with van der Waals surface area (Å²) in [6.45, 7) is 5.27. The highest BCUT2D eigenvalue weighted by Crippen LogP contribution is 2.31. The summed E-state index contributed by atoms with van der Waals surface area (Å²) < 4.78 is 10.4. The molecule has 10 nitrogen and oxygen atoms in total. The molecule has 0 aromatic carbocycles. The molecular weight excluding hydrogens is 342 g/mol. The maximum atomic E-state index is 12.0. The molecular formula is C16H21N5O5. The standard InChI is InChI=1S/C16H21N5O5/c1-16(2,3)26-12(22)9-20(4)15-13(21(23)24)14(18-10-19-15)17-8-11-6-5-7-25-11/h5-7,10H,8-9H2,1-4H3,(H,17,18,19). The minimum Gasteiger partial charge on any atom is -0.467 e. The molecule has 0 saturated heterocycles. The first-order chi connectivity index (χ1) is 12.2. The summed E-state index contributed by atoms with van der Waals surface area (Å²) in [5, 5.41) is 14.4. The molecule has 0 aliphatic rings. The van der Waals surface area contributed by atoms with Crippen LogP contribution in [0.25, 0.3) is 0 Å². The number of carbonyl (C=O) groups excluding carboxylic acids is 1. The zero-order valence-electron chi connectivity index (χ0n) is 15.1. The van der Waals surface area contributed by atoms with Crippen LogP contribution in [0.15, 0.2) is 29.1 Å². The molecule has 1 N–H and O–H groups in total. The lowest BCUT2D eigenvalue weighted by atomic mass is 10.2. The van der Waals surface area contributed by atoms with Gasteiger partial charge in [-0.15, -0.1) is 0 Å². The number of ether oxygens (including phenoxy) is 1. The van der Waals surface area contributed by atoms with Gasteiger partial charge in [-0.25, -0.2) is 9.97 Å². The zero-order valence-corrected chi connectivity index (χ0v) is 15.1. The molecule has 2 heterocycles. The largest absolute Gasteiger partial charge is 0.467 e. The second-order valence-corrected chi connectivity index (χ2v) is 6.53. The second kappa shape index (κ2) is 7.81. The van der Waals surface area contributed by atoms with Gasteiger partial charge in [0.25, 0.3) is 0 Å². The van der Waals surface area contributed by atoms with Gasteiger partial charge < -0.3 is 19.4 Å². The van der Waals surface area contributed by atoms with Crippen LogP contribution in [-0.4, -0.2) is 40.1 Å². The van der Waals surface area contributed by atoms with E-state index in [4.69, 9.17) is 9.15 Å². The quantitative estimate of drug-likeness (QED) is 0.448. The fourth-order valence-corrected chi connectivity index (χ4v) is 2.17. The Balaban J connectivity index is 2.20. The number of nitro groups is 1. The van der Waals surface area contributed by atoms with Gasteiger partial charge in [0.15, 0.2) is 0 Å². The fraction of sp³-hybridized carbons (Fsp3) is 0.438. The van der Waals surface area contributed by atoms with Crippen molar-refractivity contribution in [2.75, 3.05) is 23.8 Å². The Morgan fingerprint density at radius 3 is 2.73 bits per heavy atom. The molecule has 26 heavy (non-hydrogen) atoms. The van der Waals surface area contributed by atoms with Crippen LogP contribution in [0.5, 0.6) is 0 Å². The van der Waals surface area contributed by atoms with Gasteiger partial charge in [0.05, 0.1) is 17.7 Å². The minimum absolute atomic E-state index is 0.0119. The van der Waals surface area contributed by atoms with Gasteiger partial charge in [0.1, 0.15) is 24.2 Å². The molecule has 0 spiro atoms. The van der Waals surface area contributed by atoms with E-state index in [0.717, 1.165) is 0 Å². The Kier molecular flexibility index (Phi) is 5.75. The van der Waals surface area contributed by atoms with Crippen LogP contribution in [0.4, 0.5) is 17.3 Å². The number of aromatic nitrogens is 2. The number of hydrogen-bond acceptors (Lipinski definition) is 9. The molecule has 2 aromatic heterocycles. The number of likely N-dealkylation sites (N-methyl/N-ethyl adjacent to an activating group) is 1. The predicted octanol–water partition coefficient (Wildman–Crippen LogP) is 2.37. The SMILES string of the molecule is CN(CC(=O)OC(C)(C)C)c1ncnc(NCc2ccco2)c1[N+](=O)[O-]. The van der Waals surface area contributed by atoms with Crippen LogP contribution >= 0.6 is 0 Å². The van der Waals surface area contributed by atoms with Gasteiger partial charge >= 0.3 is 11.7 Å². The number of anilines is 2. The van der Waals surface area contributed by atoms with E-state index in [1.165, 1.54) is 24.5 Å². The maximum absolute atomic E-state index is 12.0. The molecule has 140 valence electrons. The second-order valence-electron chi connectivity index (χ2n) is 6.53. The molecule has 0 saturated carbocycles. The van der Waals surface area contributed by atoms with Gasteiger partial charge in [-0.2, -0.15) is 0 Å². The first kappa shape index (κ1) is 19.2. The third-order valence-corrected chi connectivity index (χ3v) is 3.14. The molecule has 2 rings (SSSR count). The highest BCUT2D eigenvalue weighted by molar-refractivity contribution is 5.78. The summed E-state index contributed by atoms with van der Waals surface area (Å²) in [6.07, 6.45) is 2.70. The van der Waals surface area contributed by atoms with Crippen molar-refractivity contribution < 1.29 is 18.9 Å². The number of carbonyl (C=O) groups is 1. The van der Waals surface area contributed by atoms with Crippen molar-refractivity contribution in [1.29, 1.82) is 0 Å². The summed E-state index contributed by atoms with van der Waals surface area (Å²) in [6, 6.07) is 3.45. The first-order valence-electron chi connectivity index (χ1n) is 7.86. The molecule has 10 heteroatoms. The van der Waals surface area contributed by atoms with Gasteiger partial charge in [0, 0.05) is 7.05 Å². The van der Waals surface area contributed by atoms with E-state index in [1.54, 1.807) is 32.9 Å². The minimum atomic E-state index is -0.648. The lowest BCUT2D eigenvalue weighted by molar-refractivity contribution is -0.383. The van der Waals surface area contributed by atoms with Crippen molar-refractivity contribution in [1.82, 2.24) is 9.97 Å². The summed E-state index contributed by atoms with van der Waals surface area (Å²) in [7, 11) is 1.52. The molecule has 0 aliphatic heterocycles. The van der Waals surface area contributed by atoms with E-state index >= 15 is 0 Å². The van der Waals surface area contributed by atoms with Crippen LogP contribution < -0.4 is 10.2 Å². The molecule has 0 atom stereocenters. The van der Waals surface area contributed by atoms with E-state index in [2.05, 4.69) is 15.3 Å². The lowest BCUT2D eigenvalue weighted by Crippen LogP contribution is -2.33. The topological polar surface area (TPSA) is 124 Å². The third kappa shape index (κ3) is 5.16. The van der Waals surface area contributed by atoms with Gasteiger partial charge in [0.2, 0.25) is 11.6 Å². The number of rotatable bonds is 7. The van der Waals surface area contributed by atoms with Crippen LogP contribution in [-0.2, 0) is 16.1 Å². The van der Waals surface area contributed by atoms with Crippen LogP contribution in [0.1, 0.15) is 26.5 Å². The Morgan fingerprint density at radius 2 is 2.15 bits per heavy atom. The molecule has 0 radical (unpaired) electrons. The smallest absolute Gasteiger partial charge is 0.353 e. The lowest BCUT2D eigenvalue weighted by Gasteiger charge is -2.23. The van der Waals surface area contributed by atoms with E-state index in [0.29, 0.717) is 5.76 Å². The van der Waals surface area contributed by atoms with Crippen LogP contribution in [0, 0.1) is 10.1 Å². The highest BCUT2D eigenvalue weighted by atomic mass is 16.6. The number of nitrogens with zero attached hydrogens (tertiary/aromatic N) is 4. The third-order valence-electron chi connectivity index (χ3n) is 3.14. The highest BCUT2D eigenvalue weighted by Gasteiger charge is 2.27. The van der Waals surface area contributed by atoms with Crippen LogP contribution in [0.2, 0.25) is 0 Å². The number of esters is 1. The van der Waals surface area contributed by atoms with Crippen molar-refractivity contribution in [3.8, 4) is 0 Å². The Morgan fingerprint density at radius 1 is 1.42 bits per heavy atom. The molecule has 0 fully saturated rings. The molecule has 2 aromatic rings. The Hall–Kier alpha value is -3.17. The van der Waals surface area contributed by atoms with Gasteiger partial charge in [-0.1, -0.05) is 0 Å². The molecule has 0 bridgehead atoms. The number of furan rings is 1. The van der Waals surface area contributed by atoms with Gasteiger partial charge in [-0.3, -0.25) is 14.9 Å². The Labute approximate surface area is 150 Å². The molecule has 0 unspecified atom stereocenters. The average Bonchev–Trinajstić information content (AvgIpc) is 3.03. The number of hydrogen-bond donors (Lipinski definition) is 1. The van der Waals surface area contributed by atoms with Crippen molar-refractivity contribution in [3.63, 3.8) is 0 Å². The van der Waals surface area contributed by atoms with E-state index in [1.807, 2.05) is 0 Å². The van der Waals surface area contributed by atoms with E-state index in [9.17, 15) is 14.9 Å². The number of nitrogens with one attached hydrogen (secondary N) is 1. The summed E-state index contributed by atoms with van der Waals surface area (Å²) >= 11 is 0. The molecule has 0 aliphatic carbocycles. The van der Waals surface area contributed by atoms with Crippen molar-refractivity contribution in [2.45, 2.75) is 32.9 Å². The monoisotopic (exact) mass is 363 g/mol. The predicted molar refractivity (Wildman–Crippen MR) is 93.8 cm³/mol.